The monoisotopic (exact) mass is 306 g/mol. The number of methoxy groups -OCH3 is 1. The Morgan fingerprint density at radius 3 is 2.81 bits per heavy atom. The van der Waals surface area contributed by atoms with Gasteiger partial charge in [-0.1, -0.05) is 23.9 Å². The molecule has 0 unspecified atom stereocenters. The molecule has 112 valence electrons. The van der Waals surface area contributed by atoms with E-state index in [4.69, 9.17) is 4.74 Å². The molecule has 0 fully saturated rings. The average molecular weight is 306 g/mol. The zero-order chi connectivity index (χ0) is 15.1. The maximum atomic E-state index is 12.0. The van der Waals surface area contributed by atoms with E-state index in [1.807, 2.05) is 31.2 Å². The van der Waals surface area contributed by atoms with E-state index in [9.17, 15) is 4.79 Å². The first-order valence-electron chi connectivity index (χ1n) is 6.56. The van der Waals surface area contributed by atoms with Crippen LogP contribution in [0.1, 0.15) is 22.8 Å². The lowest BCUT2D eigenvalue weighted by Gasteiger charge is -2.12. The molecule has 21 heavy (non-hydrogen) atoms. The van der Waals surface area contributed by atoms with Gasteiger partial charge in [-0.3, -0.25) is 9.89 Å². The number of nitrogens with zero attached hydrogens (tertiary/aromatic N) is 2. The normalized spacial score (nSPS) is 12.1. The summed E-state index contributed by atoms with van der Waals surface area (Å²) >= 11 is 1.57. The number of hydrogen-bond donors (Lipinski definition) is 2. The lowest BCUT2D eigenvalue weighted by molar-refractivity contribution is 0.0905. The molecule has 1 atom stereocenters. The van der Waals surface area contributed by atoms with Crippen LogP contribution in [0.2, 0.25) is 0 Å². The molecule has 0 saturated carbocycles. The van der Waals surface area contributed by atoms with E-state index in [-0.39, 0.29) is 11.9 Å². The van der Waals surface area contributed by atoms with Crippen LogP contribution in [0.3, 0.4) is 0 Å². The number of hydrogen-bond acceptors (Lipinski definition) is 5. The first-order valence-corrected chi connectivity index (χ1v) is 7.54. The van der Waals surface area contributed by atoms with Crippen molar-refractivity contribution in [1.29, 1.82) is 0 Å². The Hall–Kier alpha value is -1.86. The SMILES string of the molecule is COC[C@H](C)NC(=O)c1ccc(CSc2ncn[nH]2)cc1. The Morgan fingerprint density at radius 1 is 1.43 bits per heavy atom. The highest BCUT2D eigenvalue weighted by molar-refractivity contribution is 7.98. The number of ether oxygens (including phenoxy) is 1. The Balaban J connectivity index is 1.87. The number of nitrogens with one attached hydrogen (secondary N) is 2. The maximum absolute atomic E-state index is 12.0. The maximum Gasteiger partial charge on any atom is 0.251 e. The van der Waals surface area contributed by atoms with E-state index in [1.165, 1.54) is 6.33 Å². The fourth-order valence-electron chi connectivity index (χ4n) is 1.77. The molecule has 2 N–H and O–H groups in total. The van der Waals surface area contributed by atoms with E-state index in [2.05, 4.69) is 20.5 Å². The van der Waals surface area contributed by atoms with Crippen LogP contribution in [0.25, 0.3) is 0 Å². The van der Waals surface area contributed by atoms with Crippen molar-refractivity contribution in [3.63, 3.8) is 0 Å². The predicted molar refractivity (Wildman–Crippen MR) is 81.2 cm³/mol. The van der Waals surface area contributed by atoms with Gasteiger partial charge in [0.15, 0.2) is 5.16 Å². The van der Waals surface area contributed by atoms with E-state index in [0.29, 0.717) is 12.2 Å². The second-order valence-electron chi connectivity index (χ2n) is 4.61. The van der Waals surface area contributed by atoms with Gasteiger partial charge in [0.05, 0.1) is 6.61 Å². The van der Waals surface area contributed by atoms with E-state index >= 15 is 0 Å². The molecule has 1 amide bonds. The molecular formula is C14H18N4O2S. The first-order chi connectivity index (χ1) is 10.2. The third kappa shape index (κ3) is 4.87. The minimum absolute atomic E-state index is 0.0100. The number of carbonyl (C=O) groups is 1. The van der Waals surface area contributed by atoms with Gasteiger partial charge in [-0.05, 0) is 24.6 Å². The lowest BCUT2D eigenvalue weighted by Crippen LogP contribution is -2.35. The Bertz CT molecular complexity index is 557. The van der Waals surface area contributed by atoms with Gasteiger partial charge in [-0.2, -0.15) is 5.10 Å². The predicted octanol–water partition coefficient (Wildman–Crippen LogP) is 1.86. The van der Waals surface area contributed by atoms with Crippen molar-refractivity contribution >= 4 is 17.7 Å². The van der Waals surface area contributed by atoms with Crippen molar-refractivity contribution in [3.05, 3.63) is 41.7 Å². The molecule has 0 bridgehead atoms. The first kappa shape index (κ1) is 15.5. The number of aromatic nitrogens is 3. The summed E-state index contributed by atoms with van der Waals surface area (Å²) in [7, 11) is 1.61. The van der Waals surface area contributed by atoms with Crippen LogP contribution in [0, 0.1) is 0 Å². The second kappa shape index (κ2) is 7.80. The van der Waals surface area contributed by atoms with Gasteiger partial charge in [-0.15, -0.1) is 0 Å². The highest BCUT2D eigenvalue weighted by Crippen LogP contribution is 2.18. The van der Waals surface area contributed by atoms with Gasteiger partial charge in [-0.25, -0.2) is 4.98 Å². The summed E-state index contributed by atoms with van der Waals surface area (Å²) in [6, 6.07) is 7.53. The van der Waals surface area contributed by atoms with Crippen molar-refractivity contribution in [1.82, 2.24) is 20.5 Å². The zero-order valence-corrected chi connectivity index (χ0v) is 12.8. The smallest absolute Gasteiger partial charge is 0.251 e. The summed E-state index contributed by atoms with van der Waals surface area (Å²) in [4.78, 5) is 16.0. The number of amides is 1. The van der Waals surface area contributed by atoms with Gasteiger partial charge in [0.2, 0.25) is 0 Å². The number of thioether (sulfide) groups is 1. The number of rotatable bonds is 7. The van der Waals surface area contributed by atoms with Gasteiger partial charge in [0, 0.05) is 24.5 Å². The minimum atomic E-state index is -0.0889. The molecule has 0 radical (unpaired) electrons. The van der Waals surface area contributed by atoms with E-state index in [0.717, 1.165) is 16.5 Å². The van der Waals surface area contributed by atoms with Gasteiger partial charge < -0.3 is 10.1 Å². The molecule has 6 nitrogen and oxygen atoms in total. The number of H-pyrrole nitrogens is 1. The van der Waals surface area contributed by atoms with Crippen molar-refractivity contribution < 1.29 is 9.53 Å². The van der Waals surface area contributed by atoms with Crippen LogP contribution in [0.15, 0.2) is 35.7 Å². The molecule has 0 aliphatic heterocycles. The quantitative estimate of drug-likeness (QED) is 0.763. The molecule has 1 aromatic heterocycles. The highest BCUT2D eigenvalue weighted by Gasteiger charge is 2.09. The largest absolute Gasteiger partial charge is 0.383 e. The van der Waals surface area contributed by atoms with Crippen LogP contribution in [-0.2, 0) is 10.5 Å². The fourth-order valence-corrected chi connectivity index (χ4v) is 2.50. The lowest BCUT2D eigenvalue weighted by atomic mass is 10.1. The van der Waals surface area contributed by atoms with Crippen molar-refractivity contribution in [2.24, 2.45) is 0 Å². The average Bonchev–Trinajstić information content (AvgIpc) is 2.99. The van der Waals surface area contributed by atoms with E-state index < -0.39 is 0 Å². The molecule has 0 spiro atoms. The highest BCUT2D eigenvalue weighted by atomic mass is 32.2. The molecule has 2 rings (SSSR count). The molecular weight excluding hydrogens is 288 g/mol. The molecule has 0 aliphatic rings. The summed E-state index contributed by atoms with van der Waals surface area (Å²) in [6.45, 7) is 2.40. The number of aromatic amines is 1. The van der Waals surface area contributed by atoms with Crippen molar-refractivity contribution in [3.8, 4) is 0 Å². The van der Waals surface area contributed by atoms with Crippen LogP contribution in [0.4, 0.5) is 0 Å². The van der Waals surface area contributed by atoms with Crippen molar-refractivity contribution in [2.45, 2.75) is 23.9 Å². The molecule has 1 heterocycles. The fraction of sp³-hybridized carbons (Fsp3) is 0.357. The molecule has 0 saturated heterocycles. The minimum Gasteiger partial charge on any atom is -0.383 e. The van der Waals surface area contributed by atoms with Gasteiger partial charge >= 0.3 is 0 Å². The Labute approximate surface area is 127 Å². The summed E-state index contributed by atoms with van der Waals surface area (Å²) in [5, 5.41) is 10.3. The van der Waals surface area contributed by atoms with Crippen molar-refractivity contribution in [2.75, 3.05) is 13.7 Å². The van der Waals surface area contributed by atoms with Crippen LogP contribution in [0.5, 0.6) is 0 Å². The van der Waals surface area contributed by atoms with Gasteiger partial charge in [0.1, 0.15) is 6.33 Å². The van der Waals surface area contributed by atoms with E-state index in [1.54, 1.807) is 18.9 Å². The Kier molecular flexibility index (Phi) is 5.77. The number of benzene rings is 1. The van der Waals surface area contributed by atoms with Crippen LogP contribution >= 0.6 is 11.8 Å². The standard InChI is InChI=1S/C14H18N4O2S/c1-10(7-20-2)17-13(19)12-5-3-11(4-6-12)8-21-14-15-9-16-18-14/h3-6,9-10H,7-8H2,1-2H3,(H,17,19)(H,15,16,18)/t10-/m0/s1. The third-order valence-corrected chi connectivity index (χ3v) is 3.73. The second-order valence-corrected chi connectivity index (χ2v) is 5.57. The zero-order valence-electron chi connectivity index (χ0n) is 12.0. The topological polar surface area (TPSA) is 79.9 Å². The third-order valence-electron chi connectivity index (χ3n) is 2.78. The molecule has 2 aromatic rings. The molecule has 1 aromatic carbocycles. The number of carbonyl (C=O) groups excluding carboxylic acids is 1. The summed E-state index contributed by atoms with van der Waals surface area (Å²) in [5.74, 6) is 0.686. The summed E-state index contributed by atoms with van der Waals surface area (Å²) in [5.41, 5.74) is 1.77. The van der Waals surface area contributed by atoms with Crippen LogP contribution in [-0.4, -0.2) is 40.8 Å². The molecule has 7 heteroatoms. The van der Waals surface area contributed by atoms with Gasteiger partial charge in [0.25, 0.3) is 5.91 Å². The summed E-state index contributed by atoms with van der Waals surface area (Å²) in [6.07, 6.45) is 1.48. The molecule has 0 aliphatic carbocycles. The van der Waals surface area contributed by atoms with Crippen LogP contribution < -0.4 is 5.32 Å². The summed E-state index contributed by atoms with van der Waals surface area (Å²) < 4.78 is 5.00. The Morgan fingerprint density at radius 2 is 2.19 bits per heavy atom.